The standard InChI is InChI=1S/C27H33N5O3/c1-4-34-22-11-12-23-20(18-22)17-21(19-28-3)26(29-23)31-13-8-14-32(16-15-31)27(33)30-24-9-6-7-10-25(24)35-5-2/h6-7,9-12,17-19H,4-5,8,13-16H2,1-3H3,(H,30,33)/b28-19+. The lowest BCUT2D eigenvalue weighted by atomic mass is 10.1. The smallest absolute Gasteiger partial charge is 0.322 e. The number of hydrogen-bond acceptors (Lipinski definition) is 6. The maximum absolute atomic E-state index is 13.0. The molecule has 1 aromatic heterocycles. The molecule has 0 unspecified atom stereocenters. The van der Waals surface area contributed by atoms with E-state index in [4.69, 9.17) is 14.5 Å². The van der Waals surface area contributed by atoms with Gasteiger partial charge in [-0.25, -0.2) is 9.78 Å². The van der Waals surface area contributed by atoms with Crippen LogP contribution in [0.5, 0.6) is 11.5 Å². The summed E-state index contributed by atoms with van der Waals surface area (Å²) in [6.45, 7) is 7.81. The maximum atomic E-state index is 13.0. The summed E-state index contributed by atoms with van der Waals surface area (Å²) in [5.74, 6) is 2.39. The van der Waals surface area contributed by atoms with Gasteiger partial charge in [-0.2, -0.15) is 0 Å². The van der Waals surface area contributed by atoms with E-state index < -0.39 is 0 Å². The molecule has 2 aromatic carbocycles. The second-order valence-corrected chi connectivity index (χ2v) is 8.26. The summed E-state index contributed by atoms with van der Waals surface area (Å²) in [4.78, 5) is 26.4. The van der Waals surface area contributed by atoms with Crippen LogP contribution >= 0.6 is 0 Å². The largest absolute Gasteiger partial charge is 0.494 e. The molecule has 4 rings (SSSR count). The van der Waals surface area contributed by atoms with E-state index in [1.807, 2.05) is 67.4 Å². The van der Waals surface area contributed by atoms with E-state index in [1.165, 1.54) is 0 Å². The number of aromatic nitrogens is 1. The van der Waals surface area contributed by atoms with E-state index in [-0.39, 0.29) is 6.03 Å². The molecule has 1 fully saturated rings. The summed E-state index contributed by atoms with van der Waals surface area (Å²) < 4.78 is 11.3. The number of carbonyl (C=O) groups is 1. The molecular weight excluding hydrogens is 442 g/mol. The summed E-state index contributed by atoms with van der Waals surface area (Å²) >= 11 is 0. The van der Waals surface area contributed by atoms with Crippen molar-refractivity contribution in [3.05, 3.63) is 54.1 Å². The zero-order valence-corrected chi connectivity index (χ0v) is 20.7. The number of fused-ring (bicyclic) bond motifs is 1. The normalized spacial score (nSPS) is 14.3. The number of rotatable bonds is 7. The molecule has 0 spiro atoms. The van der Waals surface area contributed by atoms with E-state index in [1.54, 1.807) is 7.05 Å². The average Bonchev–Trinajstić information content (AvgIpc) is 3.12. The van der Waals surface area contributed by atoms with Crippen LogP contribution < -0.4 is 19.7 Å². The van der Waals surface area contributed by atoms with Crippen molar-refractivity contribution < 1.29 is 14.3 Å². The molecule has 0 atom stereocenters. The SMILES string of the molecule is CCOc1ccc2nc(N3CCCN(C(=O)Nc4ccccc4OCC)CC3)c(/C=N/C)cc2c1. The van der Waals surface area contributed by atoms with Crippen molar-refractivity contribution in [1.29, 1.82) is 0 Å². The highest BCUT2D eigenvalue weighted by Gasteiger charge is 2.22. The van der Waals surface area contributed by atoms with Crippen molar-refractivity contribution >= 4 is 34.7 Å². The number of nitrogens with one attached hydrogen (secondary N) is 1. The molecule has 8 heteroatoms. The minimum absolute atomic E-state index is 0.121. The zero-order chi connectivity index (χ0) is 24.6. The van der Waals surface area contributed by atoms with Gasteiger partial charge in [0, 0.05) is 50.4 Å². The second kappa shape index (κ2) is 11.6. The van der Waals surface area contributed by atoms with Crippen molar-refractivity contribution in [2.75, 3.05) is 56.7 Å². The number of pyridine rings is 1. The molecule has 2 amide bonds. The lowest BCUT2D eigenvalue weighted by Crippen LogP contribution is -2.38. The molecule has 184 valence electrons. The average molecular weight is 476 g/mol. The number of nitrogens with zero attached hydrogens (tertiary/aromatic N) is 4. The molecule has 0 bridgehead atoms. The summed E-state index contributed by atoms with van der Waals surface area (Å²) in [7, 11) is 1.76. The highest BCUT2D eigenvalue weighted by atomic mass is 16.5. The predicted molar refractivity (Wildman–Crippen MR) is 141 cm³/mol. The molecular formula is C27H33N5O3. The Morgan fingerprint density at radius 3 is 2.69 bits per heavy atom. The molecule has 8 nitrogen and oxygen atoms in total. The van der Waals surface area contributed by atoms with E-state index in [2.05, 4.69) is 21.3 Å². The highest BCUT2D eigenvalue weighted by Crippen LogP contribution is 2.27. The number of aliphatic imine (C=N–C) groups is 1. The fourth-order valence-electron chi connectivity index (χ4n) is 4.28. The fraction of sp³-hybridized carbons (Fsp3) is 0.370. The number of carbonyl (C=O) groups excluding carboxylic acids is 1. The number of benzene rings is 2. The number of hydrogen-bond donors (Lipinski definition) is 1. The first-order valence-corrected chi connectivity index (χ1v) is 12.2. The van der Waals surface area contributed by atoms with Gasteiger partial charge in [0.15, 0.2) is 0 Å². The van der Waals surface area contributed by atoms with Gasteiger partial charge in [0.05, 0.1) is 24.4 Å². The third-order valence-electron chi connectivity index (χ3n) is 5.88. The van der Waals surface area contributed by atoms with Crippen molar-refractivity contribution in [1.82, 2.24) is 9.88 Å². The van der Waals surface area contributed by atoms with Crippen LogP contribution in [0, 0.1) is 0 Å². The lowest BCUT2D eigenvalue weighted by Gasteiger charge is -2.25. The van der Waals surface area contributed by atoms with Crippen LogP contribution in [-0.2, 0) is 0 Å². The monoisotopic (exact) mass is 475 g/mol. The Morgan fingerprint density at radius 2 is 1.89 bits per heavy atom. The van der Waals surface area contributed by atoms with E-state index in [0.29, 0.717) is 44.3 Å². The first-order chi connectivity index (χ1) is 17.1. The molecule has 1 aliphatic heterocycles. The van der Waals surface area contributed by atoms with Gasteiger partial charge in [-0.3, -0.25) is 4.99 Å². The van der Waals surface area contributed by atoms with E-state index in [9.17, 15) is 4.79 Å². The van der Waals surface area contributed by atoms with Crippen LogP contribution in [0.1, 0.15) is 25.8 Å². The number of para-hydroxylation sites is 2. The highest BCUT2D eigenvalue weighted by molar-refractivity contribution is 5.94. The molecule has 1 aliphatic rings. The van der Waals surface area contributed by atoms with E-state index >= 15 is 0 Å². The van der Waals surface area contributed by atoms with Crippen LogP contribution in [0.3, 0.4) is 0 Å². The van der Waals surface area contributed by atoms with Gasteiger partial charge in [-0.05, 0) is 56.7 Å². The predicted octanol–water partition coefficient (Wildman–Crippen LogP) is 4.83. The Hall–Kier alpha value is -3.81. The van der Waals surface area contributed by atoms with Gasteiger partial charge in [0.25, 0.3) is 0 Å². The van der Waals surface area contributed by atoms with Crippen LogP contribution in [0.2, 0.25) is 0 Å². The van der Waals surface area contributed by atoms with Gasteiger partial charge in [-0.1, -0.05) is 12.1 Å². The van der Waals surface area contributed by atoms with Crippen LogP contribution in [-0.4, -0.2) is 68.6 Å². The van der Waals surface area contributed by atoms with Crippen molar-refractivity contribution in [3.63, 3.8) is 0 Å². The van der Waals surface area contributed by atoms with Gasteiger partial charge < -0.3 is 24.6 Å². The number of ether oxygens (including phenoxy) is 2. The van der Waals surface area contributed by atoms with Crippen molar-refractivity contribution in [2.24, 2.45) is 4.99 Å². The Bertz CT molecular complexity index is 1200. The summed E-state index contributed by atoms with van der Waals surface area (Å²) in [6.07, 6.45) is 2.68. The van der Waals surface area contributed by atoms with Gasteiger partial charge >= 0.3 is 6.03 Å². The Balaban J connectivity index is 1.51. The number of urea groups is 1. The summed E-state index contributed by atoms with van der Waals surface area (Å²) in [5.41, 5.74) is 2.55. The molecule has 2 heterocycles. The van der Waals surface area contributed by atoms with Crippen LogP contribution in [0.25, 0.3) is 10.9 Å². The lowest BCUT2D eigenvalue weighted by molar-refractivity contribution is 0.215. The number of amides is 2. The van der Waals surface area contributed by atoms with E-state index in [0.717, 1.165) is 41.0 Å². The molecule has 1 saturated heterocycles. The zero-order valence-electron chi connectivity index (χ0n) is 20.7. The quantitative estimate of drug-likeness (QED) is 0.496. The third kappa shape index (κ3) is 5.82. The fourth-order valence-corrected chi connectivity index (χ4v) is 4.28. The van der Waals surface area contributed by atoms with Gasteiger partial charge in [0.2, 0.25) is 0 Å². The Morgan fingerprint density at radius 1 is 1.06 bits per heavy atom. The third-order valence-corrected chi connectivity index (χ3v) is 5.88. The van der Waals surface area contributed by atoms with Crippen LogP contribution in [0.15, 0.2) is 53.5 Å². The van der Waals surface area contributed by atoms with Gasteiger partial charge in [-0.15, -0.1) is 0 Å². The summed E-state index contributed by atoms with van der Waals surface area (Å²) in [6, 6.07) is 15.4. The topological polar surface area (TPSA) is 79.3 Å². The number of anilines is 2. The van der Waals surface area contributed by atoms with Crippen LogP contribution in [0.4, 0.5) is 16.3 Å². The maximum Gasteiger partial charge on any atom is 0.322 e. The Kier molecular flexibility index (Phi) is 8.03. The first-order valence-electron chi connectivity index (χ1n) is 12.2. The summed E-state index contributed by atoms with van der Waals surface area (Å²) in [5, 5.41) is 4.03. The minimum Gasteiger partial charge on any atom is -0.494 e. The Labute approximate surface area is 206 Å². The molecule has 1 N–H and O–H groups in total. The minimum atomic E-state index is -0.121. The first kappa shape index (κ1) is 24.3. The molecule has 3 aromatic rings. The molecule has 0 aliphatic carbocycles. The molecule has 0 saturated carbocycles. The molecule has 35 heavy (non-hydrogen) atoms. The van der Waals surface area contributed by atoms with Crippen molar-refractivity contribution in [2.45, 2.75) is 20.3 Å². The van der Waals surface area contributed by atoms with Gasteiger partial charge in [0.1, 0.15) is 17.3 Å². The van der Waals surface area contributed by atoms with Crippen molar-refractivity contribution in [3.8, 4) is 11.5 Å². The second-order valence-electron chi connectivity index (χ2n) is 8.26. The molecule has 0 radical (unpaired) electrons.